The Morgan fingerprint density at radius 1 is 0.897 bits per heavy atom. The largest absolute Gasteiger partial charge is 0.465 e. The Hall–Kier alpha value is -0.570. The van der Waals surface area contributed by atoms with Crippen molar-refractivity contribution in [2.75, 3.05) is 13.2 Å². The highest BCUT2D eigenvalue weighted by Crippen LogP contribution is 2.45. The number of carbonyl (C=O) groups is 1. The minimum Gasteiger partial charge on any atom is -0.465 e. The van der Waals surface area contributed by atoms with Gasteiger partial charge < -0.3 is 4.74 Å². The first-order valence-electron chi connectivity index (χ1n) is 12.8. The molecule has 3 heteroatoms. The Morgan fingerprint density at radius 2 is 1.45 bits per heavy atom. The van der Waals surface area contributed by atoms with Crippen molar-refractivity contribution < 1.29 is 9.53 Å². The van der Waals surface area contributed by atoms with Crippen LogP contribution in [-0.4, -0.2) is 35.1 Å². The molecule has 0 aliphatic carbocycles. The fourth-order valence-corrected chi connectivity index (χ4v) is 5.08. The highest BCUT2D eigenvalue weighted by molar-refractivity contribution is 5.72. The number of ether oxygens (including phenoxy) is 1. The molecule has 1 rings (SSSR count). The van der Waals surface area contributed by atoms with Gasteiger partial charge in [0, 0.05) is 11.1 Å². The van der Waals surface area contributed by atoms with E-state index in [2.05, 4.69) is 46.4 Å². The lowest BCUT2D eigenvalue weighted by atomic mass is 9.69. The van der Waals surface area contributed by atoms with Crippen LogP contribution in [0.5, 0.6) is 0 Å². The van der Waals surface area contributed by atoms with Crippen molar-refractivity contribution in [1.82, 2.24) is 4.90 Å². The Morgan fingerprint density at radius 3 is 1.97 bits per heavy atom. The fraction of sp³-hybridized carbons (Fsp3) is 0.962. The van der Waals surface area contributed by atoms with Crippen LogP contribution in [0.15, 0.2) is 0 Å². The fourth-order valence-electron chi connectivity index (χ4n) is 5.08. The third-order valence-corrected chi connectivity index (χ3v) is 7.97. The molecule has 1 aliphatic rings. The first-order chi connectivity index (χ1) is 13.8. The summed E-state index contributed by atoms with van der Waals surface area (Å²) >= 11 is 0. The van der Waals surface area contributed by atoms with Crippen LogP contribution in [0, 0.1) is 5.92 Å². The van der Waals surface area contributed by atoms with Gasteiger partial charge in [0.2, 0.25) is 0 Å². The summed E-state index contributed by atoms with van der Waals surface area (Å²) in [5.41, 5.74) is 0.187. The van der Waals surface area contributed by atoms with E-state index < -0.39 is 0 Å². The molecule has 3 atom stereocenters. The minimum absolute atomic E-state index is 0.0330. The summed E-state index contributed by atoms with van der Waals surface area (Å²) in [5.74, 6) is 0.580. The number of rotatable bonds is 15. The van der Waals surface area contributed by atoms with E-state index in [1.807, 2.05) is 0 Å². The van der Waals surface area contributed by atoms with E-state index in [0.717, 1.165) is 19.3 Å². The Kier molecular flexibility index (Phi) is 12.5. The molecular weight excluding hydrogens is 358 g/mol. The molecule has 0 radical (unpaired) electrons. The van der Waals surface area contributed by atoms with E-state index in [4.69, 9.17) is 4.74 Å². The van der Waals surface area contributed by atoms with Gasteiger partial charge in [-0.15, -0.1) is 0 Å². The average molecular weight is 410 g/mol. The Labute approximate surface area is 182 Å². The first kappa shape index (κ1) is 26.5. The monoisotopic (exact) mass is 409 g/mol. The van der Waals surface area contributed by atoms with Crippen molar-refractivity contribution in [1.29, 1.82) is 0 Å². The zero-order valence-corrected chi connectivity index (χ0v) is 20.7. The molecule has 0 amide bonds. The van der Waals surface area contributed by atoms with Crippen LogP contribution < -0.4 is 0 Å². The zero-order chi connectivity index (χ0) is 21.8. The van der Waals surface area contributed by atoms with E-state index in [1.165, 1.54) is 70.6 Å². The van der Waals surface area contributed by atoms with E-state index in [1.54, 1.807) is 0 Å². The van der Waals surface area contributed by atoms with Gasteiger partial charge in [0.1, 0.15) is 0 Å². The van der Waals surface area contributed by atoms with Crippen LogP contribution in [0.2, 0.25) is 0 Å². The molecule has 172 valence electrons. The van der Waals surface area contributed by atoms with Crippen molar-refractivity contribution in [3.63, 3.8) is 0 Å². The van der Waals surface area contributed by atoms with Crippen LogP contribution >= 0.6 is 0 Å². The number of hydrogen-bond donors (Lipinski definition) is 0. The van der Waals surface area contributed by atoms with Crippen LogP contribution in [0.25, 0.3) is 0 Å². The van der Waals surface area contributed by atoms with Gasteiger partial charge in [0.15, 0.2) is 0 Å². The second-order valence-electron chi connectivity index (χ2n) is 9.99. The van der Waals surface area contributed by atoms with Gasteiger partial charge in [-0.05, 0) is 51.9 Å². The van der Waals surface area contributed by atoms with Gasteiger partial charge in [-0.3, -0.25) is 9.69 Å². The minimum atomic E-state index is -0.0330. The van der Waals surface area contributed by atoms with Crippen molar-refractivity contribution in [2.24, 2.45) is 5.92 Å². The van der Waals surface area contributed by atoms with Crippen LogP contribution in [0.3, 0.4) is 0 Å². The average Bonchev–Trinajstić information content (AvgIpc) is 2.72. The summed E-state index contributed by atoms with van der Waals surface area (Å²) in [4.78, 5) is 15.1. The maximum atomic E-state index is 12.6. The third kappa shape index (κ3) is 8.23. The SMILES string of the molecule is CCCCCCCCCCCCOC(=O)CN1C(C)(CC)CCC(C)C1(C)CC. The second kappa shape index (κ2) is 13.7. The summed E-state index contributed by atoms with van der Waals surface area (Å²) in [7, 11) is 0. The van der Waals surface area contributed by atoms with Gasteiger partial charge in [-0.1, -0.05) is 85.5 Å². The third-order valence-electron chi connectivity index (χ3n) is 7.97. The zero-order valence-electron chi connectivity index (χ0n) is 20.7. The van der Waals surface area contributed by atoms with E-state index in [0.29, 0.717) is 19.1 Å². The molecule has 0 aromatic heterocycles. The van der Waals surface area contributed by atoms with Gasteiger partial charge in [-0.2, -0.15) is 0 Å². The van der Waals surface area contributed by atoms with Crippen LogP contribution in [0.1, 0.15) is 131 Å². The number of nitrogens with zero attached hydrogens (tertiary/aromatic N) is 1. The molecular formula is C26H51NO2. The smallest absolute Gasteiger partial charge is 0.320 e. The number of likely N-dealkylation sites (tertiary alicyclic amines) is 1. The van der Waals surface area contributed by atoms with Crippen LogP contribution in [-0.2, 0) is 9.53 Å². The van der Waals surface area contributed by atoms with Gasteiger partial charge >= 0.3 is 5.97 Å². The highest BCUT2D eigenvalue weighted by Gasteiger charge is 2.49. The molecule has 1 saturated heterocycles. The number of hydrogen-bond acceptors (Lipinski definition) is 3. The Balaban J connectivity index is 2.28. The molecule has 0 saturated carbocycles. The summed E-state index contributed by atoms with van der Waals surface area (Å²) in [5, 5.41) is 0. The lowest BCUT2D eigenvalue weighted by Gasteiger charge is -2.58. The normalized spacial score (nSPS) is 27.9. The number of esters is 1. The molecule has 0 N–H and O–H groups in total. The highest BCUT2D eigenvalue weighted by atomic mass is 16.5. The maximum absolute atomic E-state index is 12.6. The predicted octanol–water partition coefficient (Wildman–Crippen LogP) is 7.52. The van der Waals surface area contributed by atoms with Crippen LogP contribution in [0.4, 0.5) is 0 Å². The molecule has 1 fully saturated rings. The second-order valence-corrected chi connectivity index (χ2v) is 9.99. The van der Waals surface area contributed by atoms with E-state index in [-0.39, 0.29) is 17.0 Å². The van der Waals surface area contributed by atoms with Crippen molar-refractivity contribution in [3.8, 4) is 0 Å². The van der Waals surface area contributed by atoms with Crippen molar-refractivity contribution >= 4 is 5.97 Å². The molecule has 1 heterocycles. The number of carbonyl (C=O) groups excluding carboxylic acids is 1. The molecule has 3 unspecified atom stereocenters. The maximum Gasteiger partial charge on any atom is 0.320 e. The first-order valence-corrected chi connectivity index (χ1v) is 12.8. The predicted molar refractivity (Wildman–Crippen MR) is 125 cm³/mol. The van der Waals surface area contributed by atoms with E-state index >= 15 is 0 Å². The van der Waals surface area contributed by atoms with Crippen molar-refractivity contribution in [2.45, 2.75) is 143 Å². The Bertz CT molecular complexity index is 452. The van der Waals surface area contributed by atoms with Gasteiger partial charge in [0.05, 0.1) is 13.2 Å². The quantitative estimate of drug-likeness (QED) is 0.207. The number of unbranched alkanes of at least 4 members (excludes halogenated alkanes) is 9. The standard InChI is InChI=1S/C26H51NO2/c1-7-10-11-12-13-14-15-16-17-18-21-29-24(28)22-27-25(5,8-2)20-19-23(4)26(27,6)9-3/h23H,7-22H2,1-6H3. The lowest BCUT2D eigenvalue weighted by molar-refractivity contribution is -0.155. The molecule has 0 spiro atoms. The summed E-state index contributed by atoms with van der Waals surface area (Å²) < 4.78 is 5.65. The summed E-state index contributed by atoms with van der Waals surface area (Å²) in [6.45, 7) is 14.9. The molecule has 0 aromatic carbocycles. The molecule has 29 heavy (non-hydrogen) atoms. The number of piperidine rings is 1. The van der Waals surface area contributed by atoms with Crippen molar-refractivity contribution in [3.05, 3.63) is 0 Å². The summed E-state index contributed by atoms with van der Waals surface area (Å²) in [6.07, 6.45) is 17.6. The lowest BCUT2D eigenvalue weighted by Crippen LogP contribution is -2.65. The topological polar surface area (TPSA) is 29.5 Å². The summed E-state index contributed by atoms with van der Waals surface area (Å²) in [6, 6.07) is 0. The molecule has 0 aromatic rings. The molecule has 1 aliphatic heterocycles. The molecule has 0 bridgehead atoms. The molecule has 3 nitrogen and oxygen atoms in total. The van der Waals surface area contributed by atoms with Gasteiger partial charge in [-0.25, -0.2) is 0 Å². The van der Waals surface area contributed by atoms with Gasteiger partial charge in [0.25, 0.3) is 0 Å². The van der Waals surface area contributed by atoms with E-state index in [9.17, 15) is 4.79 Å².